The van der Waals surface area contributed by atoms with Crippen molar-refractivity contribution in [3.05, 3.63) is 74.7 Å². The molecule has 200 valence electrons. The number of nitrogens with one attached hydrogen (secondary N) is 1. The fourth-order valence-corrected chi connectivity index (χ4v) is 10.8. The van der Waals surface area contributed by atoms with Crippen LogP contribution < -0.4 is 4.87 Å². The Morgan fingerprint density at radius 1 is 0.949 bits per heavy atom. The van der Waals surface area contributed by atoms with Crippen molar-refractivity contribution in [1.29, 1.82) is 0 Å². The van der Waals surface area contributed by atoms with Gasteiger partial charge in [-0.05, 0) is 46.8 Å². The largest absolute Gasteiger partial charge is 0.480 e. The van der Waals surface area contributed by atoms with E-state index in [2.05, 4.69) is 41.4 Å². The molecule has 7 nitrogen and oxygen atoms in total. The third-order valence-corrected chi connectivity index (χ3v) is 11.9. The molecule has 2 N–H and O–H groups in total. The van der Waals surface area contributed by atoms with Crippen LogP contribution in [0.1, 0.15) is 36.6 Å². The maximum absolute atomic E-state index is 13.8. The second kappa shape index (κ2) is 8.93. The second-order valence-corrected chi connectivity index (χ2v) is 13.7. The summed E-state index contributed by atoms with van der Waals surface area (Å²) in [5, 5.41) is 10.8. The molecule has 1 saturated heterocycles. The number of aromatic nitrogens is 1. The number of hydrogen-bond acceptors (Lipinski definition) is 6. The summed E-state index contributed by atoms with van der Waals surface area (Å²) in [4.78, 5) is 57.1. The van der Waals surface area contributed by atoms with Crippen LogP contribution in [-0.2, 0) is 14.4 Å². The Hall–Kier alpha value is -3.17. The first-order valence-corrected chi connectivity index (χ1v) is 15.1. The molecular formula is C30H28N2O5S2. The standard InChI is InChI=1S/C30H28N2O5S2/c1-13(2)23(29(35)36)32-27(33)21-17-12-18(22(21)28(32)34)24-20(17)19(25-26(38-24)31-30(37)39-25)16-10-8-15(9-11-16)14-6-4-3-5-7-14/h3-11,13,17-24H,12H2,1-2H3,(H,31,37)(H,35,36)/t17?,18?,19-,20?,21?,22?,23?,24?/m1/s1. The fraction of sp³-hybridized carbons (Fsp3) is 0.400. The average molecular weight is 561 g/mol. The molecule has 2 aliphatic carbocycles. The van der Waals surface area contributed by atoms with E-state index in [-0.39, 0.29) is 51.5 Å². The van der Waals surface area contributed by atoms with E-state index in [1.807, 2.05) is 18.2 Å². The number of hydrogen-bond donors (Lipinski definition) is 2. The summed E-state index contributed by atoms with van der Waals surface area (Å²) in [6.45, 7) is 3.47. The van der Waals surface area contributed by atoms with Crippen molar-refractivity contribution in [2.24, 2.45) is 35.5 Å². The lowest BCUT2D eigenvalue weighted by molar-refractivity contribution is -0.157. The van der Waals surface area contributed by atoms with Crippen molar-refractivity contribution in [1.82, 2.24) is 9.88 Å². The number of benzene rings is 2. The van der Waals surface area contributed by atoms with Crippen molar-refractivity contribution in [3.8, 4) is 11.1 Å². The van der Waals surface area contributed by atoms with Gasteiger partial charge in [-0.3, -0.25) is 19.3 Å². The highest BCUT2D eigenvalue weighted by molar-refractivity contribution is 8.00. The van der Waals surface area contributed by atoms with Gasteiger partial charge in [0.15, 0.2) is 0 Å². The van der Waals surface area contributed by atoms with Gasteiger partial charge in [-0.15, -0.1) is 11.8 Å². The monoisotopic (exact) mass is 560 g/mol. The number of carboxylic acid groups (broad SMARTS) is 1. The predicted molar refractivity (Wildman–Crippen MR) is 148 cm³/mol. The molecule has 7 rings (SSSR count). The zero-order chi connectivity index (χ0) is 27.2. The van der Waals surface area contributed by atoms with Crippen LogP contribution in [0.25, 0.3) is 11.1 Å². The maximum atomic E-state index is 13.8. The highest BCUT2D eigenvalue weighted by Gasteiger charge is 2.70. The number of fused-ring (bicyclic) bond motifs is 9. The van der Waals surface area contributed by atoms with Crippen molar-refractivity contribution in [2.75, 3.05) is 0 Å². The minimum atomic E-state index is -1.15. The van der Waals surface area contributed by atoms with Gasteiger partial charge in [-0.25, -0.2) is 4.79 Å². The minimum absolute atomic E-state index is 0.0271. The maximum Gasteiger partial charge on any atom is 0.327 e. The lowest BCUT2D eigenvalue weighted by atomic mass is 9.68. The van der Waals surface area contributed by atoms with Crippen LogP contribution in [0.5, 0.6) is 0 Å². The highest BCUT2D eigenvalue weighted by Crippen LogP contribution is 2.68. The van der Waals surface area contributed by atoms with E-state index in [1.54, 1.807) is 25.6 Å². The zero-order valence-electron chi connectivity index (χ0n) is 21.4. The van der Waals surface area contributed by atoms with Crippen molar-refractivity contribution in [2.45, 2.75) is 42.5 Å². The molecule has 0 spiro atoms. The van der Waals surface area contributed by atoms with Gasteiger partial charge in [-0.1, -0.05) is 79.8 Å². The summed E-state index contributed by atoms with van der Waals surface area (Å²) in [5.74, 6) is -3.18. The molecule has 9 heteroatoms. The number of likely N-dealkylation sites (tertiary alicyclic amines) is 1. The van der Waals surface area contributed by atoms with E-state index in [0.717, 1.165) is 37.9 Å². The van der Waals surface area contributed by atoms with E-state index in [9.17, 15) is 24.3 Å². The molecule has 2 aromatic carbocycles. The number of carbonyl (C=O) groups excluding carboxylic acids is 2. The predicted octanol–water partition coefficient (Wildman–Crippen LogP) is 4.69. The number of aliphatic carboxylic acids is 1. The smallest absolute Gasteiger partial charge is 0.327 e. The number of rotatable bonds is 5. The Labute approximate surface area is 233 Å². The van der Waals surface area contributed by atoms with E-state index in [0.29, 0.717) is 0 Å². The number of carbonyl (C=O) groups is 3. The lowest BCUT2D eigenvalue weighted by Crippen LogP contribution is -2.49. The first-order chi connectivity index (χ1) is 18.8. The second-order valence-electron chi connectivity index (χ2n) is 11.5. The normalized spacial score (nSPS) is 31.4. The van der Waals surface area contributed by atoms with Crippen LogP contribution in [-0.4, -0.2) is 44.1 Å². The molecule has 2 saturated carbocycles. The molecule has 2 aliphatic heterocycles. The van der Waals surface area contributed by atoms with E-state index >= 15 is 0 Å². The van der Waals surface area contributed by atoms with Gasteiger partial charge in [0.2, 0.25) is 11.8 Å². The lowest BCUT2D eigenvalue weighted by Gasteiger charge is -2.43. The van der Waals surface area contributed by atoms with E-state index < -0.39 is 23.8 Å². The Balaban J connectivity index is 1.29. The van der Waals surface area contributed by atoms with Gasteiger partial charge in [-0.2, -0.15) is 0 Å². The molecule has 0 radical (unpaired) electrons. The van der Waals surface area contributed by atoms with E-state index in [4.69, 9.17) is 0 Å². The average Bonchev–Trinajstić information content (AvgIpc) is 3.65. The topological polar surface area (TPSA) is 108 Å². The first kappa shape index (κ1) is 24.8. The molecule has 1 aromatic heterocycles. The van der Waals surface area contributed by atoms with Crippen molar-refractivity contribution < 1.29 is 19.5 Å². The summed E-state index contributed by atoms with van der Waals surface area (Å²) in [7, 11) is 0. The Morgan fingerprint density at radius 3 is 2.23 bits per heavy atom. The van der Waals surface area contributed by atoms with Crippen LogP contribution in [0.4, 0.5) is 0 Å². The van der Waals surface area contributed by atoms with Gasteiger partial charge >= 0.3 is 10.8 Å². The van der Waals surface area contributed by atoms with Crippen molar-refractivity contribution >= 4 is 40.9 Å². The SMILES string of the molecule is CC(C)C(C(=O)O)N1C(=O)C2C3CC(C2C1=O)C1C3Sc2[nH]c(=O)sc2[C@@H]1c1ccc(-c2ccccc2)cc1. The van der Waals surface area contributed by atoms with Crippen LogP contribution in [0.15, 0.2) is 64.4 Å². The summed E-state index contributed by atoms with van der Waals surface area (Å²) in [6.07, 6.45) is 0.778. The van der Waals surface area contributed by atoms with Crippen LogP contribution in [0, 0.1) is 35.5 Å². The third kappa shape index (κ3) is 3.55. The molecule has 2 amide bonds. The quantitative estimate of drug-likeness (QED) is 0.439. The summed E-state index contributed by atoms with van der Waals surface area (Å²) in [5.41, 5.74) is 3.34. The van der Waals surface area contributed by atoms with Gasteiger partial charge in [0.1, 0.15) is 6.04 Å². The fourth-order valence-electron chi connectivity index (χ4n) is 7.89. The van der Waals surface area contributed by atoms with Gasteiger partial charge in [0, 0.05) is 16.0 Å². The zero-order valence-corrected chi connectivity index (χ0v) is 23.1. The summed E-state index contributed by atoms with van der Waals surface area (Å²) in [6, 6.07) is 17.5. The third-order valence-electron chi connectivity index (χ3n) is 9.30. The van der Waals surface area contributed by atoms with Crippen LogP contribution >= 0.6 is 23.1 Å². The highest BCUT2D eigenvalue weighted by atomic mass is 32.2. The number of carboxylic acids is 1. The Kier molecular flexibility index (Phi) is 5.68. The molecule has 3 heterocycles. The molecule has 3 fully saturated rings. The first-order valence-electron chi connectivity index (χ1n) is 13.4. The number of thiazole rings is 1. The number of imide groups is 1. The van der Waals surface area contributed by atoms with Crippen LogP contribution in [0.3, 0.4) is 0 Å². The number of aromatic amines is 1. The summed E-state index contributed by atoms with van der Waals surface area (Å²) >= 11 is 2.88. The van der Waals surface area contributed by atoms with Gasteiger partial charge in [0.25, 0.3) is 0 Å². The molecule has 2 bridgehead atoms. The molecular weight excluding hydrogens is 532 g/mol. The Morgan fingerprint density at radius 2 is 1.59 bits per heavy atom. The minimum Gasteiger partial charge on any atom is -0.480 e. The van der Waals surface area contributed by atoms with Gasteiger partial charge in [0.05, 0.1) is 16.9 Å². The Bertz CT molecular complexity index is 1550. The molecule has 7 unspecified atom stereocenters. The summed E-state index contributed by atoms with van der Waals surface area (Å²) < 4.78 is 0. The molecule has 8 atom stereocenters. The number of nitrogens with zero attached hydrogens (tertiary/aromatic N) is 1. The molecule has 3 aromatic rings. The van der Waals surface area contributed by atoms with Crippen molar-refractivity contribution in [3.63, 3.8) is 0 Å². The molecule has 4 aliphatic rings. The molecule has 39 heavy (non-hydrogen) atoms. The van der Waals surface area contributed by atoms with E-state index in [1.165, 1.54) is 11.3 Å². The van der Waals surface area contributed by atoms with Crippen LogP contribution in [0.2, 0.25) is 0 Å². The number of H-pyrrole nitrogens is 1. The van der Waals surface area contributed by atoms with Gasteiger partial charge < -0.3 is 10.1 Å². The number of amides is 2. The number of thioether (sulfide) groups is 1.